The molecular formula is C17H13ClF3N3O2S. The lowest BCUT2D eigenvalue weighted by atomic mass is 10.2. The maximum atomic E-state index is 12.9. The zero-order valence-electron chi connectivity index (χ0n) is 13.6. The molecule has 0 saturated heterocycles. The van der Waals surface area contributed by atoms with Crippen LogP contribution in [0.4, 0.5) is 13.2 Å². The number of para-hydroxylation sites is 1. The van der Waals surface area contributed by atoms with E-state index in [0.29, 0.717) is 17.3 Å². The standard InChI is InChI=1S/C17H13ClF3N3O2S/c18-14-6-5-13(17(19,20)21)9-16(14)27(25,26)23-10-12-3-1-2-4-15(12)24-8-7-22-11-24/h1-9,11,23H,10H2. The smallest absolute Gasteiger partial charge is 0.306 e. The van der Waals surface area contributed by atoms with E-state index in [0.717, 1.165) is 12.1 Å². The van der Waals surface area contributed by atoms with Crippen LogP contribution < -0.4 is 4.72 Å². The van der Waals surface area contributed by atoms with Gasteiger partial charge in [-0.1, -0.05) is 29.8 Å². The molecule has 0 amide bonds. The van der Waals surface area contributed by atoms with Gasteiger partial charge >= 0.3 is 6.18 Å². The Morgan fingerprint density at radius 1 is 1.15 bits per heavy atom. The van der Waals surface area contributed by atoms with Crippen molar-refractivity contribution >= 4 is 21.6 Å². The number of halogens is 4. The maximum absolute atomic E-state index is 12.9. The summed E-state index contributed by atoms with van der Waals surface area (Å²) in [5, 5.41) is -0.293. The summed E-state index contributed by atoms with van der Waals surface area (Å²) >= 11 is 5.83. The fraction of sp³-hybridized carbons (Fsp3) is 0.118. The van der Waals surface area contributed by atoms with Gasteiger partial charge in [0.2, 0.25) is 10.0 Å². The Kier molecular flexibility index (Phi) is 5.27. The average molecular weight is 416 g/mol. The molecule has 142 valence electrons. The molecule has 0 fully saturated rings. The molecule has 5 nitrogen and oxygen atoms in total. The number of hydrogen-bond acceptors (Lipinski definition) is 3. The van der Waals surface area contributed by atoms with Gasteiger partial charge in [0.15, 0.2) is 0 Å². The molecular weight excluding hydrogens is 403 g/mol. The molecule has 0 bridgehead atoms. The van der Waals surface area contributed by atoms with Crippen molar-refractivity contribution < 1.29 is 21.6 Å². The van der Waals surface area contributed by atoms with Gasteiger partial charge in [0.25, 0.3) is 0 Å². The lowest BCUT2D eigenvalue weighted by Gasteiger charge is -2.14. The van der Waals surface area contributed by atoms with Crippen molar-refractivity contribution in [3.63, 3.8) is 0 Å². The molecule has 0 unspecified atom stereocenters. The summed E-state index contributed by atoms with van der Waals surface area (Å²) in [5.41, 5.74) is 0.209. The Balaban J connectivity index is 1.89. The third-order valence-corrected chi connectivity index (χ3v) is 5.66. The van der Waals surface area contributed by atoms with E-state index in [-0.39, 0.29) is 11.6 Å². The van der Waals surface area contributed by atoms with Crippen molar-refractivity contribution in [3.05, 3.63) is 77.3 Å². The number of aromatic nitrogens is 2. The van der Waals surface area contributed by atoms with E-state index >= 15 is 0 Å². The molecule has 27 heavy (non-hydrogen) atoms. The maximum Gasteiger partial charge on any atom is 0.416 e. The minimum atomic E-state index is -4.68. The topological polar surface area (TPSA) is 64.0 Å². The molecule has 0 radical (unpaired) electrons. The van der Waals surface area contributed by atoms with Gasteiger partial charge in [0.1, 0.15) is 4.90 Å². The van der Waals surface area contributed by atoms with Gasteiger partial charge < -0.3 is 4.57 Å². The molecule has 0 atom stereocenters. The average Bonchev–Trinajstić information content (AvgIpc) is 3.14. The lowest BCUT2D eigenvalue weighted by molar-refractivity contribution is -0.137. The van der Waals surface area contributed by atoms with Crippen LogP contribution in [-0.4, -0.2) is 18.0 Å². The van der Waals surface area contributed by atoms with Gasteiger partial charge in [-0.25, -0.2) is 18.1 Å². The number of hydrogen-bond donors (Lipinski definition) is 1. The minimum absolute atomic E-state index is 0.136. The highest BCUT2D eigenvalue weighted by Crippen LogP contribution is 2.33. The number of rotatable bonds is 5. The van der Waals surface area contributed by atoms with E-state index in [9.17, 15) is 21.6 Å². The number of nitrogens with one attached hydrogen (secondary N) is 1. The van der Waals surface area contributed by atoms with Crippen LogP contribution in [0.3, 0.4) is 0 Å². The van der Waals surface area contributed by atoms with Crippen molar-refractivity contribution in [2.24, 2.45) is 0 Å². The fourth-order valence-electron chi connectivity index (χ4n) is 2.45. The Morgan fingerprint density at radius 3 is 2.56 bits per heavy atom. The predicted octanol–water partition coefficient (Wildman–Crippen LogP) is 4.02. The second-order valence-corrected chi connectivity index (χ2v) is 7.71. The SMILES string of the molecule is O=S(=O)(NCc1ccccc1-n1ccnc1)c1cc(C(F)(F)F)ccc1Cl. The number of alkyl halides is 3. The summed E-state index contributed by atoms with van der Waals surface area (Å²) in [6, 6.07) is 9.13. The van der Waals surface area contributed by atoms with Crippen molar-refractivity contribution in [2.45, 2.75) is 17.6 Å². The highest BCUT2D eigenvalue weighted by molar-refractivity contribution is 7.89. The molecule has 10 heteroatoms. The predicted molar refractivity (Wildman–Crippen MR) is 94.0 cm³/mol. The van der Waals surface area contributed by atoms with Crippen LogP contribution in [0.25, 0.3) is 5.69 Å². The van der Waals surface area contributed by atoms with E-state index in [4.69, 9.17) is 11.6 Å². The Morgan fingerprint density at radius 2 is 1.89 bits per heavy atom. The van der Waals surface area contributed by atoms with Crippen LogP contribution >= 0.6 is 11.6 Å². The minimum Gasteiger partial charge on any atom is -0.306 e. The van der Waals surface area contributed by atoms with E-state index < -0.39 is 26.7 Å². The second-order valence-electron chi connectivity index (χ2n) is 5.57. The summed E-state index contributed by atoms with van der Waals surface area (Å²) in [6.07, 6.45) is 0.139. The molecule has 0 spiro atoms. The van der Waals surface area contributed by atoms with Gasteiger partial charge in [-0.05, 0) is 29.8 Å². The number of sulfonamides is 1. The quantitative estimate of drug-likeness (QED) is 0.684. The van der Waals surface area contributed by atoms with Gasteiger partial charge in [0, 0.05) is 18.9 Å². The summed E-state index contributed by atoms with van der Waals surface area (Å²) < 4.78 is 67.7. The third-order valence-electron chi connectivity index (χ3n) is 3.77. The van der Waals surface area contributed by atoms with Crippen LogP contribution in [-0.2, 0) is 22.7 Å². The molecule has 0 aliphatic heterocycles. The molecule has 0 saturated carbocycles. The first-order valence-corrected chi connectivity index (χ1v) is 9.47. The van der Waals surface area contributed by atoms with Crippen LogP contribution in [0.1, 0.15) is 11.1 Å². The van der Waals surface area contributed by atoms with Crippen LogP contribution in [0.2, 0.25) is 5.02 Å². The Hall–Kier alpha value is -2.36. The molecule has 3 aromatic rings. The van der Waals surface area contributed by atoms with E-state index in [1.165, 1.54) is 0 Å². The zero-order valence-corrected chi connectivity index (χ0v) is 15.2. The fourth-order valence-corrected chi connectivity index (χ4v) is 3.98. The normalized spacial score (nSPS) is 12.3. The van der Waals surface area contributed by atoms with Gasteiger partial charge in [-0.3, -0.25) is 0 Å². The lowest BCUT2D eigenvalue weighted by Crippen LogP contribution is -2.24. The van der Waals surface area contributed by atoms with Crippen LogP contribution in [0, 0.1) is 0 Å². The monoisotopic (exact) mass is 415 g/mol. The summed E-state index contributed by atoms with van der Waals surface area (Å²) in [5.74, 6) is 0. The van der Waals surface area contributed by atoms with Crippen LogP contribution in [0.15, 0.2) is 66.1 Å². The molecule has 1 N–H and O–H groups in total. The highest BCUT2D eigenvalue weighted by atomic mass is 35.5. The van der Waals surface area contributed by atoms with Crippen LogP contribution in [0.5, 0.6) is 0 Å². The first-order valence-electron chi connectivity index (χ1n) is 7.61. The Labute approximate surface area is 158 Å². The molecule has 0 aliphatic rings. The molecule has 1 heterocycles. The van der Waals surface area contributed by atoms with Gasteiger partial charge in [0.05, 0.1) is 22.6 Å². The van der Waals surface area contributed by atoms with Crippen molar-refractivity contribution in [2.75, 3.05) is 0 Å². The van der Waals surface area contributed by atoms with E-state index in [1.54, 1.807) is 47.6 Å². The zero-order chi connectivity index (χ0) is 19.7. The van der Waals surface area contributed by atoms with E-state index in [1.807, 2.05) is 0 Å². The first-order chi connectivity index (χ1) is 12.7. The van der Waals surface area contributed by atoms with E-state index in [2.05, 4.69) is 9.71 Å². The molecule has 1 aromatic heterocycles. The first kappa shape index (κ1) is 19.4. The largest absolute Gasteiger partial charge is 0.416 e. The number of imidazole rings is 1. The highest BCUT2D eigenvalue weighted by Gasteiger charge is 2.32. The summed E-state index contributed by atoms with van der Waals surface area (Å²) in [7, 11) is -4.26. The Bertz CT molecular complexity index is 1050. The van der Waals surface area contributed by atoms with Gasteiger partial charge in [-0.2, -0.15) is 13.2 Å². The molecule has 2 aromatic carbocycles. The third kappa shape index (κ3) is 4.32. The second kappa shape index (κ2) is 7.34. The van der Waals surface area contributed by atoms with Crippen molar-refractivity contribution in [1.29, 1.82) is 0 Å². The summed E-state index contributed by atoms with van der Waals surface area (Å²) in [4.78, 5) is 3.31. The van der Waals surface area contributed by atoms with Gasteiger partial charge in [-0.15, -0.1) is 0 Å². The molecule has 3 rings (SSSR count). The number of nitrogens with zero attached hydrogens (tertiary/aromatic N) is 2. The number of benzene rings is 2. The molecule has 0 aliphatic carbocycles. The van der Waals surface area contributed by atoms with Crippen molar-refractivity contribution in [3.8, 4) is 5.69 Å². The summed E-state index contributed by atoms with van der Waals surface area (Å²) in [6.45, 7) is -0.136. The van der Waals surface area contributed by atoms with Crippen molar-refractivity contribution in [1.82, 2.24) is 14.3 Å².